The van der Waals surface area contributed by atoms with Crippen LogP contribution in [0.5, 0.6) is 0 Å². The molecule has 1 aliphatic heterocycles. The SMILES string of the molecule is CC[C@H](OC)[C@@H](C)[C@@H]1C[C@H]1[C@H](O)[C@@H](C)/C=C/C=C(\C)[C@@H]1O[C@H](OC)CC[C@@H]1OC. The van der Waals surface area contributed by atoms with Crippen LogP contribution in [-0.4, -0.2) is 57.1 Å². The number of aliphatic hydroxyl groups is 1. The van der Waals surface area contributed by atoms with Gasteiger partial charge in [-0.2, -0.15) is 0 Å². The molecule has 168 valence electrons. The van der Waals surface area contributed by atoms with Gasteiger partial charge in [-0.1, -0.05) is 39.0 Å². The molecular weight excluding hydrogens is 368 g/mol. The van der Waals surface area contributed by atoms with E-state index in [2.05, 4.69) is 39.8 Å². The first-order valence-electron chi connectivity index (χ1n) is 11.1. The van der Waals surface area contributed by atoms with Crippen LogP contribution in [-0.2, 0) is 18.9 Å². The molecule has 5 nitrogen and oxygen atoms in total. The zero-order chi connectivity index (χ0) is 21.6. The average Bonchev–Trinajstić information content (AvgIpc) is 3.54. The van der Waals surface area contributed by atoms with Crippen LogP contribution in [0.2, 0.25) is 0 Å². The maximum Gasteiger partial charge on any atom is 0.158 e. The van der Waals surface area contributed by atoms with Crippen molar-refractivity contribution in [3.05, 3.63) is 23.8 Å². The Morgan fingerprint density at radius 3 is 2.45 bits per heavy atom. The third-order valence-electron chi connectivity index (χ3n) is 6.95. The number of methoxy groups -OCH3 is 3. The maximum absolute atomic E-state index is 10.8. The van der Waals surface area contributed by atoms with Crippen molar-refractivity contribution < 1.29 is 24.1 Å². The summed E-state index contributed by atoms with van der Waals surface area (Å²) in [6, 6.07) is 0. The molecule has 0 aromatic carbocycles. The van der Waals surface area contributed by atoms with E-state index in [1.165, 1.54) is 0 Å². The first kappa shape index (κ1) is 24.5. The average molecular weight is 411 g/mol. The number of aliphatic hydroxyl groups excluding tert-OH is 1. The number of ether oxygens (including phenoxy) is 4. The Hall–Kier alpha value is -0.720. The van der Waals surface area contributed by atoms with Crippen molar-refractivity contribution in [3.63, 3.8) is 0 Å². The molecule has 2 aliphatic rings. The largest absolute Gasteiger partial charge is 0.392 e. The highest BCUT2D eigenvalue weighted by atomic mass is 16.7. The van der Waals surface area contributed by atoms with Gasteiger partial charge in [-0.05, 0) is 49.5 Å². The first-order chi connectivity index (χ1) is 13.9. The smallest absolute Gasteiger partial charge is 0.158 e. The summed E-state index contributed by atoms with van der Waals surface area (Å²) in [5.74, 6) is 1.54. The lowest BCUT2D eigenvalue weighted by Gasteiger charge is -2.35. The van der Waals surface area contributed by atoms with E-state index in [1.54, 1.807) is 21.3 Å². The van der Waals surface area contributed by atoms with Gasteiger partial charge in [-0.25, -0.2) is 0 Å². The summed E-state index contributed by atoms with van der Waals surface area (Å²) < 4.78 is 22.6. The minimum Gasteiger partial charge on any atom is -0.392 e. The van der Waals surface area contributed by atoms with Gasteiger partial charge in [0.2, 0.25) is 0 Å². The van der Waals surface area contributed by atoms with E-state index in [9.17, 15) is 5.11 Å². The molecule has 0 amide bonds. The third-order valence-corrected chi connectivity index (χ3v) is 6.95. The summed E-state index contributed by atoms with van der Waals surface area (Å²) >= 11 is 0. The van der Waals surface area contributed by atoms with Gasteiger partial charge in [0.1, 0.15) is 6.10 Å². The van der Waals surface area contributed by atoms with Crippen molar-refractivity contribution in [1.29, 1.82) is 0 Å². The van der Waals surface area contributed by atoms with Crippen LogP contribution in [0.25, 0.3) is 0 Å². The molecule has 1 heterocycles. The van der Waals surface area contributed by atoms with Crippen molar-refractivity contribution in [3.8, 4) is 0 Å². The molecule has 1 aliphatic carbocycles. The van der Waals surface area contributed by atoms with Gasteiger partial charge in [0.05, 0.1) is 18.3 Å². The van der Waals surface area contributed by atoms with Crippen molar-refractivity contribution in [2.45, 2.75) is 84.1 Å². The van der Waals surface area contributed by atoms with E-state index in [0.29, 0.717) is 17.8 Å². The Bertz CT molecular complexity index is 541. The highest BCUT2D eigenvalue weighted by Crippen LogP contribution is 2.49. The molecule has 0 aromatic heterocycles. The molecule has 29 heavy (non-hydrogen) atoms. The lowest BCUT2D eigenvalue weighted by Crippen LogP contribution is -2.41. The molecule has 0 aromatic rings. The molecule has 9 atom stereocenters. The molecule has 1 saturated carbocycles. The third kappa shape index (κ3) is 6.38. The second-order valence-electron chi connectivity index (χ2n) is 8.82. The highest BCUT2D eigenvalue weighted by molar-refractivity contribution is 5.17. The monoisotopic (exact) mass is 410 g/mol. The van der Waals surface area contributed by atoms with Gasteiger partial charge < -0.3 is 24.1 Å². The molecule has 2 rings (SSSR count). The Labute approximate surface area is 177 Å². The number of hydrogen-bond acceptors (Lipinski definition) is 5. The van der Waals surface area contributed by atoms with Gasteiger partial charge in [0.15, 0.2) is 6.29 Å². The molecule has 0 unspecified atom stereocenters. The Morgan fingerprint density at radius 2 is 1.86 bits per heavy atom. The minimum atomic E-state index is -0.308. The lowest BCUT2D eigenvalue weighted by molar-refractivity contribution is -0.205. The van der Waals surface area contributed by atoms with Gasteiger partial charge in [0.25, 0.3) is 0 Å². The normalized spacial score (nSPS) is 34.8. The molecule has 5 heteroatoms. The van der Waals surface area contributed by atoms with Crippen molar-refractivity contribution in [2.75, 3.05) is 21.3 Å². The van der Waals surface area contributed by atoms with E-state index >= 15 is 0 Å². The summed E-state index contributed by atoms with van der Waals surface area (Å²) in [4.78, 5) is 0. The zero-order valence-corrected chi connectivity index (χ0v) is 19.3. The molecule has 0 spiro atoms. The lowest BCUT2D eigenvalue weighted by atomic mass is 9.91. The second kappa shape index (κ2) is 11.6. The Kier molecular flexibility index (Phi) is 9.83. The van der Waals surface area contributed by atoms with Gasteiger partial charge in [-0.3, -0.25) is 0 Å². The molecule has 1 saturated heterocycles. The van der Waals surface area contributed by atoms with E-state index < -0.39 is 0 Å². The quantitative estimate of drug-likeness (QED) is 0.513. The van der Waals surface area contributed by atoms with Crippen molar-refractivity contribution in [1.82, 2.24) is 0 Å². The van der Waals surface area contributed by atoms with Gasteiger partial charge in [0, 0.05) is 33.7 Å². The predicted octanol–water partition coefficient (Wildman–Crippen LogP) is 4.35. The zero-order valence-electron chi connectivity index (χ0n) is 19.3. The molecule has 2 fully saturated rings. The van der Waals surface area contributed by atoms with Gasteiger partial charge in [-0.15, -0.1) is 0 Å². The second-order valence-corrected chi connectivity index (χ2v) is 8.82. The fraction of sp³-hybridized carbons (Fsp3) is 0.833. The molecular formula is C24H42O5. The van der Waals surface area contributed by atoms with E-state index in [0.717, 1.165) is 31.3 Å². The number of hydrogen-bond donors (Lipinski definition) is 1. The van der Waals surface area contributed by atoms with Crippen LogP contribution in [0.1, 0.15) is 53.4 Å². The van der Waals surface area contributed by atoms with Crippen LogP contribution in [0, 0.1) is 23.7 Å². The molecule has 1 N–H and O–H groups in total. The number of allylic oxidation sites excluding steroid dienone is 2. The standard InChI is InChI=1S/C24H42O5/c1-8-20(26-5)17(4)18-14-19(18)23(25)15(2)10-9-11-16(3)24-21(27-6)12-13-22(28-7)29-24/h9-11,15,17-25H,8,12-14H2,1-7H3/b10-9+,16-11+/t15-,17-,18-,19+,20-,21-,22-,23+,24-/m0/s1. The number of rotatable bonds is 11. The fourth-order valence-electron chi connectivity index (χ4n) is 4.83. The highest BCUT2D eigenvalue weighted by Gasteiger charge is 2.48. The van der Waals surface area contributed by atoms with Gasteiger partial charge >= 0.3 is 0 Å². The summed E-state index contributed by atoms with van der Waals surface area (Å²) in [5, 5.41) is 10.8. The van der Waals surface area contributed by atoms with Crippen LogP contribution in [0.3, 0.4) is 0 Å². The first-order valence-corrected chi connectivity index (χ1v) is 11.1. The molecule has 0 bridgehead atoms. The summed E-state index contributed by atoms with van der Waals surface area (Å²) in [6.07, 6.45) is 9.85. The van der Waals surface area contributed by atoms with Crippen molar-refractivity contribution >= 4 is 0 Å². The van der Waals surface area contributed by atoms with Crippen LogP contribution in [0.4, 0.5) is 0 Å². The Balaban J connectivity index is 1.90. The predicted molar refractivity (Wildman–Crippen MR) is 116 cm³/mol. The topological polar surface area (TPSA) is 57.2 Å². The summed E-state index contributed by atoms with van der Waals surface area (Å²) in [6.45, 7) is 8.57. The molecule has 0 radical (unpaired) electrons. The van der Waals surface area contributed by atoms with E-state index in [-0.39, 0.29) is 36.6 Å². The van der Waals surface area contributed by atoms with Crippen LogP contribution < -0.4 is 0 Å². The van der Waals surface area contributed by atoms with E-state index in [4.69, 9.17) is 18.9 Å². The van der Waals surface area contributed by atoms with E-state index in [1.807, 2.05) is 6.08 Å². The minimum absolute atomic E-state index is 0.0510. The van der Waals surface area contributed by atoms with Crippen LogP contribution in [0.15, 0.2) is 23.8 Å². The fourth-order valence-corrected chi connectivity index (χ4v) is 4.83. The Morgan fingerprint density at radius 1 is 1.14 bits per heavy atom. The summed E-state index contributed by atoms with van der Waals surface area (Å²) in [5.41, 5.74) is 1.11. The van der Waals surface area contributed by atoms with Crippen molar-refractivity contribution in [2.24, 2.45) is 23.7 Å². The van der Waals surface area contributed by atoms with Crippen LogP contribution >= 0.6 is 0 Å². The maximum atomic E-state index is 10.8. The summed E-state index contributed by atoms with van der Waals surface area (Å²) in [7, 11) is 5.20.